The number of carbonyl (C=O) groups excluding carboxylic acids is 1. The van der Waals surface area contributed by atoms with E-state index in [0.717, 1.165) is 24.0 Å². The van der Waals surface area contributed by atoms with Crippen LogP contribution in [0, 0.1) is 0 Å². The Kier molecular flexibility index (Phi) is 7.21. The van der Waals surface area contributed by atoms with E-state index in [4.69, 9.17) is 4.42 Å². The van der Waals surface area contributed by atoms with Gasteiger partial charge in [-0.15, -0.1) is 0 Å². The predicted molar refractivity (Wildman–Crippen MR) is 113 cm³/mol. The summed E-state index contributed by atoms with van der Waals surface area (Å²) in [6, 6.07) is 9.68. The van der Waals surface area contributed by atoms with Gasteiger partial charge in [0.25, 0.3) is 0 Å². The zero-order chi connectivity index (χ0) is 21.4. The van der Waals surface area contributed by atoms with Crippen molar-refractivity contribution in [3.05, 3.63) is 78.0 Å². The van der Waals surface area contributed by atoms with Crippen LogP contribution in [0.15, 0.2) is 70.4 Å². The maximum Gasteiger partial charge on any atom is 0.243 e. The zero-order valence-corrected chi connectivity index (χ0v) is 17.4. The van der Waals surface area contributed by atoms with Crippen LogP contribution in [0.2, 0.25) is 0 Å². The second-order valence-electron chi connectivity index (χ2n) is 6.72. The zero-order valence-electron chi connectivity index (χ0n) is 16.6. The molecule has 1 amide bonds. The van der Waals surface area contributed by atoms with Crippen LogP contribution in [-0.2, 0) is 34.8 Å². The highest BCUT2D eigenvalue weighted by Crippen LogP contribution is 2.12. The van der Waals surface area contributed by atoms with E-state index in [2.05, 4.69) is 15.1 Å². The first-order chi connectivity index (χ1) is 14.4. The molecule has 158 valence electrons. The summed E-state index contributed by atoms with van der Waals surface area (Å²) in [7, 11) is -1.77. The number of benzene rings is 1. The Morgan fingerprint density at radius 1 is 1.23 bits per heavy atom. The number of aromatic nitrogens is 2. The highest BCUT2D eigenvalue weighted by molar-refractivity contribution is 7.89. The Bertz CT molecular complexity index is 1080. The molecule has 0 fully saturated rings. The number of nitrogens with zero attached hydrogens (tertiary/aromatic N) is 2. The number of aryl methyl sites for hydroxylation is 2. The first-order valence-corrected chi connectivity index (χ1v) is 11.0. The number of furan rings is 1. The lowest BCUT2D eigenvalue weighted by Crippen LogP contribution is -2.23. The molecule has 0 saturated carbocycles. The topological polar surface area (TPSA) is 106 Å². The lowest BCUT2D eigenvalue weighted by molar-refractivity contribution is -0.116. The Balaban J connectivity index is 1.44. The number of sulfonamides is 1. The largest absolute Gasteiger partial charge is 0.468 e. The third kappa shape index (κ3) is 6.43. The molecule has 1 aromatic carbocycles. The van der Waals surface area contributed by atoms with Gasteiger partial charge in [-0.25, -0.2) is 13.1 Å². The van der Waals surface area contributed by atoms with Crippen molar-refractivity contribution in [1.29, 1.82) is 0 Å². The first kappa shape index (κ1) is 21.5. The molecule has 2 aromatic heterocycles. The summed E-state index contributed by atoms with van der Waals surface area (Å²) < 4.78 is 34.0. The van der Waals surface area contributed by atoms with Crippen molar-refractivity contribution in [2.75, 3.05) is 6.54 Å². The average Bonchev–Trinajstić information content (AvgIpc) is 3.40. The maximum atomic E-state index is 12.3. The molecule has 0 aliphatic carbocycles. The molecule has 3 rings (SSSR count). The van der Waals surface area contributed by atoms with E-state index >= 15 is 0 Å². The molecule has 9 heteroatoms. The Labute approximate surface area is 175 Å². The molecular formula is C21H24N4O4S. The lowest BCUT2D eigenvalue weighted by atomic mass is 10.2. The second kappa shape index (κ2) is 10.0. The van der Waals surface area contributed by atoms with E-state index in [1.165, 1.54) is 24.5 Å². The molecule has 8 nitrogen and oxygen atoms in total. The number of amides is 1. The van der Waals surface area contributed by atoms with Crippen LogP contribution in [0.3, 0.4) is 0 Å². The van der Waals surface area contributed by atoms with Gasteiger partial charge in [0.15, 0.2) is 0 Å². The highest BCUT2D eigenvalue weighted by Gasteiger charge is 2.13. The van der Waals surface area contributed by atoms with E-state index < -0.39 is 10.0 Å². The minimum absolute atomic E-state index is 0.0813. The molecule has 0 saturated heterocycles. The standard InChI is InChI=1S/C21H24N4O4S/c1-25-16-18(14-23-25)4-2-12-22-21(26)11-8-17-6-9-20(10-7-17)30(27,28)24-15-19-5-3-13-29-19/h3,5-11,13-14,16,24H,2,4,12,15H2,1H3,(H,22,26)/b11-8+. The van der Waals surface area contributed by atoms with Gasteiger partial charge in [-0.3, -0.25) is 9.48 Å². The van der Waals surface area contributed by atoms with Crippen molar-refractivity contribution >= 4 is 22.0 Å². The monoisotopic (exact) mass is 428 g/mol. The lowest BCUT2D eigenvalue weighted by Gasteiger charge is -2.05. The van der Waals surface area contributed by atoms with E-state index in [1.807, 2.05) is 19.4 Å². The van der Waals surface area contributed by atoms with Gasteiger partial charge < -0.3 is 9.73 Å². The highest BCUT2D eigenvalue weighted by atomic mass is 32.2. The first-order valence-electron chi connectivity index (χ1n) is 9.48. The maximum absolute atomic E-state index is 12.3. The fourth-order valence-corrected chi connectivity index (χ4v) is 3.75. The number of nitrogens with one attached hydrogen (secondary N) is 2. The van der Waals surface area contributed by atoms with E-state index in [-0.39, 0.29) is 17.3 Å². The van der Waals surface area contributed by atoms with Gasteiger partial charge in [-0.05, 0) is 54.3 Å². The van der Waals surface area contributed by atoms with Crippen LogP contribution in [0.4, 0.5) is 0 Å². The normalized spacial score (nSPS) is 11.8. The third-order valence-electron chi connectivity index (χ3n) is 4.33. The molecule has 3 aromatic rings. The molecule has 2 N–H and O–H groups in total. The van der Waals surface area contributed by atoms with Gasteiger partial charge in [0.05, 0.1) is 23.9 Å². The molecule has 0 radical (unpaired) electrons. The van der Waals surface area contributed by atoms with Crippen LogP contribution in [0.25, 0.3) is 6.08 Å². The molecule has 0 bridgehead atoms. The number of rotatable bonds is 10. The van der Waals surface area contributed by atoms with Gasteiger partial charge in [-0.2, -0.15) is 5.10 Å². The average molecular weight is 429 g/mol. The van der Waals surface area contributed by atoms with Crippen molar-refractivity contribution in [3.63, 3.8) is 0 Å². The van der Waals surface area contributed by atoms with E-state index in [0.29, 0.717) is 12.3 Å². The minimum Gasteiger partial charge on any atom is -0.468 e. The molecule has 0 aliphatic rings. The quantitative estimate of drug-likeness (QED) is 0.381. The molecule has 2 heterocycles. The van der Waals surface area contributed by atoms with Gasteiger partial charge in [0.2, 0.25) is 15.9 Å². The van der Waals surface area contributed by atoms with Gasteiger partial charge in [-0.1, -0.05) is 12.1 Å². The Morgan fingerprint density at radius 3 is 2.70 bits per heavy atom. The summed E-state index contributed by atoms with van der Waals surface area (Å²) in [6.45, 7) is 0.647. The number of hydrogen-bond donors (Lipinski definition) is 2. The second-order valence-corrected chi connectivity index (χ2v) is 8.49. The van der Waals surface area contributed by atoms with Crippen LogP contribution in [-0.4, -0.2) is 30.7 Å². The fraction of sp³-hybridized carbons (Fsp3) is 0.238. The summed E-state index contributed by atoms with van der Waals surface area (Å²) in [4.78, 5) is 12.1. The van der Waals surface area contributed by atoms with Crippen molar-refractivity contribution < 1.29 is 17.6 Å². The molecule has 0 unspecified atom stereocenters. The van der Waals surface area contributed by atoms with Crippen molar-refractivity contribution in [1.82, 2.24) is 19.8 Å². The van der Waals surface area contributed by atoms with E-state index in [1.54, 1.807) is 35.0 Å². The molecule has 0 aliphatic heterocycles. The summed E-state index contributed by atoms with van der Waals surface area (Å²) in [5.74, 6) is 0.336. The van der Waals surface area contributed by atoms with Crippen LogP contribution >= 0.6 is 0 Å². The molecule has 30 heavy (non-hydrogen) atoms. The summed E-state index contributed by atoms with van der Waals surface area (Å²) in [6.07, 6.45) is 10.0. The minimum atomic E-state index is -3.64. The van der Waals surface area contributed by atoms with Crippen molar-refractivity contribution in [2.24, 2.45) is 7.05 Å². The number of hydrogen-bond acceptors (Lipinski definition) is 5. The SMILES string of the molecule is Cn1cc(CCCNC(=O)/C=C/c2ccc(S(=O)(=O)NCc3ccco3)cc2)cn1. The molecule has 0 spiro atoms. The van der Waals surface area contributed by atoms with Crippen LogP contribution in [0.1, 0.15) is 23.3 Å². The molecular weight excluding hydrogens is 404 g/mol. The molecule has 0 atom stereocenters. The van der Waals surface area contributed by atoms with Crippen molar-refractivity contribution in [2.45, 2.75) is 24.3 Å². The smallest absolute Gasteiger partial charge is 0.243 e. The Hall–Kier alpha value is -3.17. The van der Waals surface area contributed by atoms with Crippen LogP contribution < -0.4 is 10.0 Å². The predicted octanol–water partition coefficient (Wildman–Crippen LogP) is 2.25. The summed E-state index contributed by atoms with van der Waals surface area (Å²) in [5, 5.41) is 6.94. The summed E-state index contributed by atoms with van der Waals surface area (Å²) >= 11 is 0. The third-order valence-corrected chi connectivity index (χ3v) is 5.75. The van der Waals surface area contributed by atoms with Gasteiger partial charge >= 0.3 is 0 Å². The fourth-order valence-electron chi connectivity index (χ4n) is 2.76. The van der Waals surface area contributed by atoms with Gasteiger partial charge in [0, 0.05) is 25.9 Å². The van der Waals surface area contributed by atoms with E-state index in [9.17, 15) is 13.2 Å². The van der Waals surface area contributed by atoms with Gasteiger partial charge in [0.1, 0.15) is 5.76 Å². The van der Waals surface area contributed by atoms with Crippen LogP contribution in [0.5, 0.6) is 0 Å². The van der Waals surface area contributed by atoms with Crippen molar-refractivity contribution in [3.8, 4) is 0 Å². The number of carbonyl (C=O) groups is 1. The summed E-state index contributed by atoms with van der Waals surface area (Å²) in [5.41, 5.74) is 1.86. The Morgan fingerprint density at radius 2 is 2.03 bits per heavy atom.